The fourth-order valence-corrected chi connectivity index (χ4v) is 3.95. The first-order valence-corrected chi connectivity index (χ1v) is 8.93. The number of piperidine rings is 1. The minimum absolute atomic E-state index is 0. The largest absolute Gasteiger partial charge is 1.00 e. The van der Waals surface area contributed by atoms with Crippen LogP contribution in [-0.4, -0.2) is 30.7 Å². The average Bonchev–Trinajstić information content (AvgIpc) is 2.36. The molecule has 1 aliphatic rings. The van der Waals surface area contributed by atoms with Gasteiger partial charge in [-0.05, 0) is 38.0 Å². The quantitative estimate of drug-likeness (QED) is 0.453. The van der Waals surface area contributed by atoms with E-state index in [4.69, 9.17) is 0 Å². The van der Waals surface area contributed by atoms with Crippen LogP contribution in [0.2, 0.25) is 0 Å². The van der Waals surface area contributed by atoms with Gasteiger partial charge in [0, 0.05) is 5.92 Å². The maximum Gasteiger partial charge on any atom is 0.0812 e. The molecule has 0 N–H and O–H groups in total. The van der Waals surface area contributed by atoms with E-state index in [0.29, 0.717) is 0 Å². The Labute approximate surface area is 134 Å². The molecule has 0 amide bonds. The minimum atomic E-state index is 0. The maximum atomic E-state index is 2.50. The molecule has 0 saturated carbocycles. The van der Waals surface area contributed by atoms with Crippen molar-refractivity contribution in [3.63, 3.8) is 0 Å². The molecular weight excluding hydrogens is 266 g/mol. The van der Waals surface area contributed by atoms with Gasteiger partial charge in [0.15, 0.2) is 0 Å². The summed E-state index contributed by atoms with van der Waals surface area (Å²) >= 11 is 0. The molecular formula is C18H38ClN. The minimum Gasteiger partial charge on any atom is -1.00 e. The third kappa shape index (κ3) is 7.88. The third-order valence-corrected chi connectivity index (χ3v) is 4.89. The van der Waals surface area contributed by atoms with Crippen LogP contribution in [0.25, 0.3) is 0 Å². The zero-order valence-electron chi connectivity index (χ0n) is 14.5. The second kappa shape index (κ2) is 10.9. The first-order chi connectivity index (χ1) is 9.08. The standard InChI is InChI=1S/C18H38N.ClH/c1-5-13-19(14-9-6-10-15-19)16-18(4)12-8-7-11-17(2)3;/h17-18H,5-16H2,1-4H3;1H/q+1;/p-1. The summed E-state index contributed by atoms with van der Waals surface area (Å²) in [5, 5.41) is 0. The Balaban J connectivity index is 0.00000361. The van der Waals surface area contributed by atoms with Gasteiger partial charge < -0.3 is 16.9 Å². The van der Waals surface area contributed by atoms with Gasteiger partial charge in [0.2, 0.25) is 0 Å². The van der Waals surface area contributed by atoms with Gasteiger partial charge >= 0.3 is 0 Å². The molecule has 1 atom stereocenters. The molecule has 122 valence electrons. The molecule has 2 heteroatoms. The van der Waals surface area contributed by atoms with Crippen LogP contribution in [0.15, 0.2) is 0 Å². The highest BCUT2D eigenvalue weighted by molar-refractivity contribution is 4.60. The highest BCUT2D eigenvalue weighted by atomic mass is 35.5. The van der Waals surface area contributed by atoms with Gasteiger partial charge in [-0.2, -0.15) is 0 Å². The molecule has 0 aliphatic carbocycles. The van der Waals surface area contributed by atoms with E-state index >= 15 is 0 Å². The van der Waals surface area contributed by atoms with E-state index in [0.717, 1.165) is 11.8 Å². The van der Waals surface area contributed by atoms with Gasteiger partial charge in [0.1, 0.15) is 0 Å². The lowest BCUT2D eigenvalue weighted by molar-refractivity contribution is -0.935. The summed E-state index contributed by atoms with van der Waals surface area (Å²) < 4.78 is 1.45. The Morgan fingerprint density at radius 3 is 2.05 bits per heavy atom. The van der Waals surface area contributed by atoms with E-state index in [2.05, 4.69) is 27.7 Å². The van der Waals surface area contributed by atoms with Crippen LogP contribution >= 0.6 is 0 Å². The summed E-state index contributed by atoms with van der Waals surface area (Å²) in [6, 6.07) is 0. The lowest BCUT2D eigenvalue weighted by atomic mass is 9.97. The predicted octanol–water partition coefficient (Wildman–Crippen LogP) is 2.25. The molecule has 1 fully saturated rings. The first kappa shape index (κ1) is 20.2. The molecule has 1 saturated heterocycles. The second-order valence-electron chi connectivity index (χ2n) is 7.54. The summed E-state index contributed by atoms with van der Waals surface area (Å²) in [7, 11) is 0. The van der Waals surface area contributed by atoms with Crippen LogP contribution in [0.4, 0.5) is 0 Å². The second-order valence-corrected chi connectivity index (χ2v) is 7.54. The van der Waals surface area contributed by atoms with E-state index < -0.39 is 0 Å². The van der Waals surface area contributed by atoms with Crippen molar-refractivity contribution in [1.29, 1.82) is 0 Å². The number of likely N-dealkylation sites (tertiary alicyclic amines) is 1. The van der Waals surface area contributed by atoms with Gasteiger partial charge in [-0.1, -0.05) is 47.0 Å². The Bertz CT molecular complexity index is 216. The zero-order valence-corrected chi connectivity index (χ0v) is 15.2. The smallest absolute Gasteiger partial charge is 0.0812 e. The number of quaternary nitrogens is 1. The number of hydrogen-bond donors (Lipinski definition) is 0. The molecule has 0 bridgehead atoms. The van der Waals surface area contributed by atoms with Crippen LogP contribution in [-0.2, 0) is 0 Å². The fraction of sp³-hybridized carbons (Fsp3) is 1.00. The fourth-order valence-electron chi connectivity index (χ4n) is 3.95. The van der Waals surface area contributed by atoms with Gasteiger partial charge in [0.25, 0.3) is 0 Å². The van der Waals surface area contributed by atoms with Gasteiger partial charge in [-0.3, -0.25) is 0 Å². The monoisotopic (exact) mass is 303 g/mol. The maximum absolute atomic E-state index is 2.50. The summed E-state index contributed by atoms with van der Waals surface area (Å²) in [4.78, 5) is 0. The Morgan fingerprint density at radius 2 is 1.50 bits per heavy atom. The topological polar surface area (TPSA) is 0 Å². The van der Waals surface area contributed by atoms with Crippen molar-refractivity contribution < 1.29 is 16.9 Å². The number of hydrogen-bond acceptors (Lipinski definition) is 0. The van der Waals surface area contributed by atoms with Crippen molar-refractivity contribution in [2.24, 2.45) is 11.8 Å². The summed E-state index contributed by atoms with van der Waals surface area (Å²) in [6.45, 7) is 15.4. The van der Waals surface area contributed by atoms with Crippen molar-refractivity contribution in [3.8, 4) is 0 Å². The van der Waals surface area contributed by atoms with Crippen LogP contribution in [0, 0.1) is 11.8 Å². The molecule has 1 nitrogen and oxygen atoms in total. The van der Waals surface area contributed by atoms with Crippen molar-refractivity contribution in [3.05, 3.63) is 0 Å². The Kier molecular flexibility index (Phi) is 11.0. The number of rotatable bonds is 9. The molecule has 0 spiro atoms. The van der Waals surface area contributed by atoms with Crippen LogP contribution in [0.1, 0.15) is 79.1 Å². The van der Waals surface area contributed by atoms with Crippen molar-refractivity contribution in [1.82, 2.24) is 0 Å². The molecule has 0 radical (unpaired) electrons. The summed E-state index contributed by atoms with van der Waals surface area (Å²) in [6.07, 6.45) is 11.5. The van der Waals surface area contributed by atoms with E-state index in [1.165, 1.54) is 82.0 Å². The SMILES string of the molecule is CCC[N+]1(CC(C)CCCCC(C)C)CCCCC1.[Cl-]. The van der Waals surface area contributed by atoms with E-state index in [-0.39, 0.29) is 12.4 Å². The predicted molar refractivity (Wildman–Crippen MR) is 86.3 cm³/mol. The summed E-state index contributed by atoms with van der Waals surface area (Å²) in [5.74, 6) is 1.81. The lowest BCUT2D eigenvalue weighted by Crippen LogP contribution is -3.00. The Hall–Kier alpha value is 0.250. The highest BCUT2D eigenvalue weighted by Gasteiger charge is 2.30. The summed E-state index contributed by atoms with van der Waals surface area (Å²) in [5.41, 5.74) is 0. The van der Waals surface area contributed by atoms with E-state index in [1.807, 2.05) is 0 Å². The number of unbranched alkanes of at least 4 members (excludes halogenated alkanes) is 1. The van der Waals surface area contributed by atoms with E-state index in [1.54, 1.807) is 0 Å². The molecule has 1 rings (SSSR count). The third-order valence-electron chi connectivity index (χ3n) is 4.89. The van der Waals surface area contributed by atoms with Crippen molar-refractivity contribution in [2.75, 3.05) is 26.2 Å². The molecule has 20 heavy (non-hydrogen) atoms. The molecule has 1 aliphatic heterocycles. The highest BCUT2D eigenvalue weighted by Crippen LogP contribution is 2.24. The average molecular weight is 304 g/mol. The first-order valence-electron chi connectivity index (χ1n) is 8.93. The normalized spacial score (nSPS) is 19.6. The lowest BCUT2D eigenvalue weighted by Gasteiger charge is -2.43. The number of halogens is 1. The zero-order chi connectivity index (χ0) is 14.1. The molecule has 0 aromatic heterocycles. The van der Waals surface area contributed by atoms with E-state index in [9.17, 15) is 0 Å². The molecule has 1 heterocycles. The van der Waals surface area contributed by atoms with Crippen LogP contribution < -0.4 is 12.4 Å². The van der Waals surface area contributed by atoms with Gasteiger partial charge in [0.05, 0.1) is 26.2 Å². The van der Waals surface area contributed by atoms with Crippen LogP contribution in [0.5, 0.6) is 0 Å². The molecule has 1 unspecified atom stereocenters. The molecule has 0 aromatic carbocycles. The van der Waals surface area contributed by atoms with Crippen molar-refractivity contribution >= 4 is 0 Å². The van der Waals surface area contributed by atoms with Gasteiger partial charge in [-0.15, -0.1) is 0 Å². The van der Waals surface area contributed by atoms with Crippen molar-refractivity contribution in [2.45, 2.75) is 79.1 Å². The van der Waals surface area contributed by atoms with Gasteiger partial charge in [-0.25, -0.2) is 0 Å². The number of nitrogens with zero attached hydrogens (tertiary/aromatic N) is 1. The van der Waals surface area contributed by atoms with Crippen LogP contribution in [0.3, 0.4) is 0 Å². The molecule has 0 aromatic rings. The Morgan fingerprint density at radius 1 is 0.900 bits per heavy atom.